The molecule has 14 heteroatoms. The lowest BCUT2D eigenvalue weighted by molar-refractivity contribution is -0.152. The SMILES string of the molecule is CCN1CCN([S+]([O-])N[C@@H](C)C(=O)N[C@H]2Cc3cccc(C(=O)O)c3OB2O)C(=O)C1=O. The predicted molar refractivity (Wildman–Crippen MR) is 112 cm³/mol. The minimum Gasteiger partial charge on any atom is -0.573 e. The van der Waals surface area contributed by atoms with Gasteiger partial charge < -0.3 is 29.6 Å². The Hall–Kier alpha value is -2.81. The molecule has 1 saturated heterocycles. The van der Waals surface area contributed by atoms with E-state index in [-0.39, 0.29) is 30.8 Å². The average molecular weight is 466 g/mol. The maximum Gasteiger partial charge on any atom is 0.547 e. The molecule has 2 heterocycles. The number of rotatable bonds is 7. The van der Waals surface area contributed by atoms with Gasteiger partial charge in [0.2, 0.25) is 5.91 Å². The summed E-state index contributed by atoms with van der Waals surface area (Å²) in [7, 11) is -1.49. The van der Waals surface area contributed by atoms with Crippen LogP contribution in [0.1, 0.15) is 29.8 Å². The van der Waals surface area contributed by atoms with Gasteiger partial charge >= 0.3 is 24.9 Å². The number of carboxylic acids is 1. The van der Waals surface area contributed by atoms with Crippen LogP contribution in [0.25, 0.3) is 0 Å². The highest BCUT2D eigenvalue weighted by atomic mass is 32.2. The highest BCUT2D eigenvalue weighted by molar-refractivity contribution is 7.87. The summed E-state index contributed by atoms with van der Waals surface area (Å²) < 4.78 is 21.2. The smallest absolute Gasteiger partial charge is 0.547 e. The molecule has 0 saturated carbocycles. The van der Waals surface area contributed by atoms with Gasteiger partial charge in [0.1, 0.15) is 11.8 Å². The third-order valence-corrected chi connectivity index (χ3v) is 6.50. The Morgan fingerprint density at radius 2 is 2.06 bits per heavy atom. The Morgan fingerprint density at radius 3 is 2.72 bits per heavy atom. The molecule has 1 fully saturated rings. The molecule has 32 heavy (non-hydrogen) atoms. The third kappa shape index (κ3) is 4.82. The van der Waals surface area contributed by atoms with Crippen LogP contribution < -0.4 is 14.7 Å². The van der Waals surface area contributed by atoms with Gasteiger partial charge in [-0.05, 0) is 31.9 Å². The van der Waals surface area contributed by atoms with Crippen molar-refractivity contribution in [3.8, 4) is 5.75 Å². The number of fused-ring (bicyclic) bond motifs is 1. The second kappa shape index (κ2) is 9.77. The van der Waals surface area contributed by atoms with E-state index in [1.54, 1.807) is 13.0 Å². The maximum absolute atomic E-state index is 12.6. The van der Waals surface area contributed by atoms with Gasteiger partial charge in [-0.3, -0.25) is 14.4 Å². The van der Waals surface area contributed by atoms with Crippen LogP contribution in [0.15, 0.2) is 18.2 Å². The largest absolute Gasteiger partial charge is 0.573 e. The fourth-order valence-corrected chi connectivity index (χ4v) is 4.42. The number of piperazine rings is 1. The van der Waals surface area contributed by atoms with Crippen LogP contribution in [-0.4, -0.2) is 86.3 Å². The van der Waals surface area contributed by atoms with Crippen molar-refractivity contribution in [3.63, 3.8) is 0 Å². The number of aromatic carboxylic acids is 1. The summed E-state index contributed by atoms with van der Waals surface area (Å²) in [5.41, 5.74) is 0.404. The van der Waals surface area contributed by atoms with Gasteiger partial charge in [-0.2, -0.15) is 0 Å². The van der Waals surface area contributed by atoms with Crippen molar-refractivity contribution in [2.75, 3.05) is 19.6 Å². The monoisotopic (exact) mass is 466 g/mol. The maximum atomic E-state index is 12.6. The first-order valence-electron chi connectivity index (χ1n) is 9.93. The molecule has 2 aliphatic rings. The van der Waals surface area contributed by atoms with Crippen molar-refractivity contribution in [1.82, 2.24) is 19.2 Å². The Kier molecular flexibility index (Phi) is 7.28. The molecule has 0 radical (unpaired) electrons. The molecule has 2 aliphatic heterocycles. The Balaban J connectivity index is 1.60. The van der Waals surface area contributed by atoms with Gasteiger partial charge in [-0.1, -0.05) is 12.1 Å². The molecule has 1 aromatic rings. The van der Waals surface area contributed by atoms with E-state index in [2.05, 4.69) is 10.0 Å². The molecule has 0 bridgehead atoms. The van der Waals surface area contributed by atoms with Crippen LogP contribution in [0, 0.1) is 0 Å². The number of carbonyl (C=O) groups is 4. The van der Waals surface area contributed by atoms with E-state index in [4.69, 9.17) is 4.65 Å². The van der Waals surface area contributed by atoms with Crippen molar-refractivity contribution in [3.05, 3.63) is 29.3 Å². The molecule has 12 nitrogen and oxygen atoms in total. The van der Waals surface area contributed by atoms with Crippen molar-refractivity contribution < 1.29 is 38.5 Å². The molecule has 3 rings (SSSR count). The van der Waals surface area contributed by atoms with Gasteiger partial charge in [0.15, 0.2) is 11.5 Å². The van der Waals surface area contributed by atoms with Gasteiger partial charge in [0, 0.05) is 13.1 Å². The summed E-state index contributed by atoms with van der Waals surface area (Å²) in [6.45, 7) is 3.80. The normalized spacial score (nSPS) is 20.4. The Labute approximate surface area is 187 Å². The Bertz CT molecular complexity index is 934. The molecule has 172 valence electrons. The molecule has 0 spiro atoms. The van der Waals surface area contributed by atoms with Crippen molar-refractivity contribution in [1.29, 1.82) is 0 Å². The predicted octanol–water partition coefficient (Wildman–Crippen LogP) is -1.93. The summed E-state index contributed by atoms with van der Waals surface area (Å²) in [5, 5.41) is 22.1. The minimum atomic E-state index is -2.12. The summed E-state index contributed by atoms with van der Waals surface area (Å²) in [6, 6.07) is 3.47. The van der Waals surface area contributed by atoms with Crippen molar-refractivity contribution >= 4 is 42.4 Å². The zero-order valence-electron chi connectivity index (χ0n) is 17.4. The van der Waals surface area contributed by atoms with Crippen LogP contribution >= 0.6 is 0 Å². The number of amides is 3. The first-order chi connectivity index (χ1) is 15.1. The molecule has 0 aromatic heterocycles. The number of nitrogens with zero attached hydrogens (tertiary/aromatic N) is 2. The fourth-order valence-electron chi connectivity index (χ4n) is 3.41. The minimum absolute atomic E-state index is 0.0414. The van der Waals surface area contributed by atoms with E-state index in [0.717, 1.165) is 4.31 Å². The zero-order valence-corrected chi connectivity index (χ0v) is 18.3. The highest BCUT2D eigenvalue weighted by Gasteiger charge is 2.41. The fraction of sp³-hybridized carbons (Fsp3) is 0.444. The zero-order chi connectivity index (χ0) is 23.6. The summed E-state index contributed by atoms with van der Waals surface area (Å²) in [5.74, 6) is -4.35. The van der Waals surface area contributed by atoms with E-state index in [0.29, 0.717) is 12.1 Å². The first kappa shape index (κ1) is 23.8. The van der Waals surface area contributed by atoms with Crippen molar-refractivity contribution in [2.45, 2.75) is 32.3 Å². The number of para-hydroxylation sites is 1. The third-order valence-electron chi connectivity index (χ3n) is 5.20. The van der Waals surface area contributed by atoms with Crippen LogP contribution in [0.4, 0.5) is 0 Å². The molecule has 0 aliphatic carbocycles. The van der Waals surface area contributed by atoms with Gasteiger partial charge in [-0.15, -0.1) is 9.03 Å². The molecule has 1 aromatic carbocycles. The quantitative estimate of drug-likeness (QED) is 0.203. The van der Waals surface area contributed by atoms with E-state index in [1.165, 1.54) is 24.0 Å². The lowest BCUT2D eigenvalue weighted by Crippen LogP contribution is -2.61. The van der Waals surface area contributed by atoms with Gasteiger partial charge in [-0.25, -0.2) is 4.79 Å². The summed E-state index contributed by atoms with van der Waals surface area (Å²) >= 11 is -2.12. The first-order valence-corrected chi connectivity index (χ1v) is 11.0. The topological polar surface area (TPSA) is 172 Å². The molecular weight excluding hydrogens is 443 g/mol. The van der Waals surface area contributed by atoms with E-state index < -0.39 is 54.3 Å². The Morgan fingerprint density at radius 1 is 1.34 bits per heavy atom. The highest BCUT2D eigenvalue weighted by Crippen LogP contribution is 2.30. The second-order valence-corrected chi connectivity index (χ2v) is 8.48. The number of likely N-dealkylation sites (N-methyl/N-ethyl adjacent to an activating group) is 1. The lowest BCUT2D eigenvalue weighted by atomic mass is 9.72. The summed E-state index contributed by atoms with van der Waals surface area (Å²) in [6.07, 6.45) is 0.116. The average Bonchev–Trinajstić information content (AvgIpc) is 2.75. The van der Waals surface area contributed by atoms with Gasteiger partial charge in [0.05, 0.1) is 18.0 Å². The van der Waals surface area contributed by atoms with E-state index >= 15 is 0 Å². The standard InChI is InChI=1S/C18H23BN4O8S/c1-3-22-7-8-23(17(26)16(22)25)32(30)21-10(2)15(24)20-13-9-11-5-4-6-12(18(27)28)14(11)31-19(13)29/h4-6,10,13,21,29H,3,7-9H2,1-2H3,(H,20,24)(H,27,28)/t10-,13-,32?/m0/s1. The molecule has 1 unspecified atom stereocenters. The number of carbonyl (C=O) groups excluding carboxylic acids is 3. The van der Waals surface area contributed by atoms with E-state index in [9.17, 15) is 33.9 Å². The van der Waals surface area contributed by atoms with Crippen LogP contribution in [0.2, 0.25) is 0 Å². The van der Waals surface area contributed by atoms with Crippen LogP contribution in [0.3, 0.4) is 0 Å². The number of carboxylic acid groups (broad SMARTS) is 1. The second-order valence-electron chi connectivity index (χ2n) is 7.31. The molecular formula is C18H23BN4O8S. The number of hydrogen-bond acceptors (Lipinski definition) is 8. The molecule has 3 atom stereocenters. The number of benzene rings is 1. The van der Waals surface area contributed by atoms with Crippen LogP contribution in [-0.2, 0) is 32.4 Å². The number of nitrogens with one attached hydrogen (secondary N) is 2. The van der Waals surface area contributed by atoms with Gasteiger partial charge in [0.25, 0.3) is 0 Å². The lowest BCUT2D eigenvalue weighted by Gasteiger charge is -2.33. The van der Waals surface area contributed by atoms with E-state index in [1.807, 2.05) is 0 Å². The van der Waals surface area contributed by atoms with Crippen LogP contribution in [0.5, 0.6) is 5.75 Å². The number of hydrogen-bond donors (Lipinski definition) is 4. The van der Waals surface area contributed by atoms with Crippen molar-refractivity contribution in [2.24, 2.45) is 0 Å². The molecule has 3 amide bonds. The molecule has 4 N–H and O–H groups in total. The summed E-state index contributed by atoms with van der Waals surface area (Å²) in [4.78, 5) is 49.3.